The summed E-state index contributed by atoms with van der Waals surface area (Å²) in [6, 6.07) is 14.6. The maximum Gasteiger partial charge on any atom is 0.227 e. The van der Waals surface area contributed by atoms with Crippen LogP contribution in [0, 0.1) is 0 Å². The molecule has 0 aliphatic carbocycles. The van der Waals surface area contributed by atoms with Crippen molar-refractivity contribution < 1.29 is 4.79 Å². The van der Waals surface area contributed by atoms with Gasteiger partial charge in [-0.15, -0.1) is 11.3 Å². The fourth-order valence-corrected chi connectivity index (χ4v) is 3.59. The summed E-state index contributed by atoms with van der Waals surface area (Å²) in [5.41, 5.74) is 1.35. The first-order valence-electron chi connectivity index (χ1n) is 7.88. The van der Waals surface area contributed by atoms with E-state index in [0.29, 0.717) is 6.42 Å². The van der Waals surface area contributed by atoms with Crippen molar-refractivity contribution >= 4 is 17.2 Å². The Balaban J connectivity index is 1.52. The summed E-state index contributed by atoms with van der Waals surface area (Å²) in [7, 11) is 0. The predicted octanol–water partition coefficient (Wildman–Crippen LogP) is 3.03. The number of rotatable bonds is 4. The van der Waals surface area contributed by atoms with Crippen LogP contribution in [0.4, 0.5) is 0 Å². The lowest BCUT2D eigenvalue weighted by Crippen LogP contribution is -2.35. The molecule has 22 heavy (non-hydrogen) atoms. The van der Waals surface area contributed by atoms with Gasteiger partial charge in [0.2, 0.25) is 5.91 Å². The van der Waals surface area contributed by atoms with Crippen LogP contribution in [-0.4, -0.2) is 41.9 Å². The van der Waals surface area contributed by atoms with Crippen LogP contribution in [0.2, 0.25) is 0 Å². The smallest absolute Gasteiger partial charge is 0.227 e. The molecule has 4 heteroatoms. The van der Waals surface area contributed by atoms with Crippen molar-refractivity contribution in [3.05, 3.63) is 58.3 Å². The summed E-state index contributed by atoms with van der Waals surface area (Å²) >= 11 is 1.66. The Morgan fingerprint density at radius 2 is 1.86 bits per heavy atom. The molecule has 2 aromatic rings. The van der Waals surface area contributed by atoms with Crippen molar-refractivity contribution in [3.8, 4) is 0 Å². The normalized spacial score (nSPS) is 16.5. The summed E-state index contributed by atoms with van der Waals surface area (Å²) in [4.78, 5) is 18.0. The minimum Gasteiger partial charge on any atom is -0.341 e. The molecule has 3 rings (SSSR count). The Labute approximate surface area is 136 Å². The van der Waals surface area contributed by atoms with E-state index in [0.717, 1.165) is 44.0 Å². The van der Waals surface area contributed by atoms with E-state index in [4.69, 9.17) is 0 Å². The minimum atomic E-state index is 0.268. The first-order chi connectivity index (χ1) is 10.8. The van der Waals surface area contributed by atoms with Gasteiger partial charge in [-0.2, -0.15) is 0 Å². The van der Waals surface area contributed by atoms with Gasteiger partial charge in [0.1, 0.15) is 0 Å². The predicted molar refractivity (Wildman–Crippen MR) is 90.9 cm³/mol. The Morgan fingerprint density at radius 1 is 1.00 bits per heavy atom. The second-order valence-electron chi connectivity index (χ2n) is 5.75. The quantitative estimate of drug-likeness (QED) is 0.866. The molecule has 3 nitrogen and oxygen atoms in total. The van der Waals surface area contributed by atoms with Gasteiger partial charge in [0, 0.05) is 37.6 Å². The molecule has 116 valence electrons. The van der Waals surface area contributed by atoms with Crippen LogP contribution in [0.25, 0.3) is 0 Å². The zero-order chi connectivity index (χ0) is 15.2. The third-order valence-corrected chi connectivity index (χ3v) is 4.97. The molecule has 0 bridgehead atoms. The van der Waals surface area contributed by atoms with E-state index in [1.165, 1.54) is 5.56 Å². The number of carbonyl (C=O) groups excluding carboxylic acids is 1. The lowest BCUT2D eigenvalue weighted by molar-refractivity contribution is -0.130. The van der Waals surface area contributed by atoms with E-state index >= 15 is 0 Å². The highest BCUT2D eigenvalue weighted by Crippen LogP contribution is 2.13. The van der Waals surface area contributed by atoms with Crippen molar-refractivity contribution in [2.45, 2.75) is 19.4 Å². The molecule has 0 atom stereocenters. The molecule has 1 aliphatic rings. The fraction of sp³-hybridized carbons (Fsp3) is 0.389. The number of nitrogens with zero attached hydrogens (tertiary/aromatic N) is 2. The molecular formula is C18H22N2OS. The number of hydrogen-bond acceptors (Lipinski definition) is 3. The molecule has 0 spiro atoms. The summed E-state index contributed by atoms with van der Waals surface area (Å²) in [6.07, 6.45) is 1.61. The number of thiophene rings is 1. The summed E-state index contributed by atoms with van der Waals surface area (Å²) < 4.78 is 0. The minimum absolute atomic E-state index is 0.268. The number of hydrogen-bond donors (Lipinski definition) is 0. The first kappa shape index (κ1) is 15.3. The van der Waals surface area contributed by atoms with Gasteiger partial charge in [-0.25, -0.2) is 0 Å². The van der Waals surface area contributed by atoms with Gasteiger partial charge in [-0.1, -0.05) is 36.4 Å². The first-order valence-corrected chi connectivity index (χ1v) is 8.76. The van der Waals surface area contributed by atoms with Gasteiger partial charge in [-0.05, 0) is 23.4 Å². The van der Waals surface area contributed by atoms with Crippen LogP contribution in [0.1, 0.15) is 16.9 Å². The lowest BCUT2D eigenvalue weighted by atomic mass is 10.2. The molecule has 1 aliphatic heterocycles. The molecule has 0 N–H and O–H groups in total. The zero-order valence-corrected chi connectivity index (χ0v) is 13.6. The maximum absolute atomic E-state index is 12.4. The highest BCUT2D eigenvalue weighted by molar-refractivity contribution is 7.10. The molecule has 0 radical (unpaired) electrons. The topological polar surface area (TPSA) is 23.6 Å². The van der Waals surface area contributed by atoms with E-state index in [1.807, 2.05) is 22.4 Å². The molecule has 2 heterocycles. The highest BCUT2D eigenvalue weighted by Gasteiger charge is 2.19. The second-order valence-corrected chi connectivity index (χ2v) is 6.78. The van der Waals surface area contributed by atoms with E-state index in [1.54, 1.807) is 11.3 Å². The van der Waals surface area contributed by atoms with Crippen LogP contribution in [0.3, 0.4) is 0 Å². The van der Waals surface area contributed by atoms with Gasteiger partial charge in [0.25, 0.3) is 0 Å². The van der Waals surface area contributed by atoms with Crippen molar-refractivity contribution in [1.82, 2.24) is 9.80 Å². The van der Waals surface area contributed by atoms with Gasteiger partial charge in [0.05, 0.1) is 6.42 Å². The molecular weight excluding hydrogens is 292 g/mol. The van der Waals surface area contributed by atoms with E-state index < -0.39 is 0 Å². The van der Waals surface area contributed by atoms with Crippen molar-refractivity contribution in [1.29, 1.82) is 0 Å². The second kappa shape index (κ2) is 7.56. The molecule has 1 saturated heterocycles. The Hall–Kier alpha value is -1.65. The molecule has 0 saturated carbocycles. The van der Waals surface area contributed by atoms with Gasteiger partial charge in [0.15, 0.2) is 0 Å². The summed E-state index contributed by atoms with van der Waals surface area (Å²) in [5.74, 6) is 0.268. The number of amides is 1. The Kier molecular flexibility index (Phi) is 5.24. The third-order valence-electron chi connectivity index (χ3n) is 4.10. The van der Waals surface area contributed by atoms with Crippen LogP contribution < -0.4 is 0 Å². The Bertz CT molecular complexity index is 582. The average molecular weight is 314 g/mol. The number of carbonyl (C=O) groups is 1. The van der Waals surface area contributed by atoms with E-state index in [-0.39, 0.29) is 5.91 Å². The highest BCUT2D eigenvalue weighted by atomic mass is 32.1. The average Bonchev–Trinajstić information content (AvgIpc) is 2.93. The van der Waals surface area contributed by atoms with Gasteiger partial charge in [-0.3, -0.25) is 9.69 Å². The van der Waals surface area contributed by atoms with Crippen molar-refractivity contribution in [3.63, 3.8) is 0 Å². The SMILES string of the molecule is O=C(Cc1cccs1)N1CCCN(Cc2ccccc2)CC1. The van der Waals surface area contributed by atoms with Crippen LogP contribution in [0.5, 0.6) is 0 Å². The zero-order valence-electron chi connectivity index (χ0n) is 12.8. The molecule has 0 unspecified atom stereocenters. The third kappa shape index (κ3) is 4.18. The van der Waals surface area contributed by atoms with Crippen LogP contribution in [-0.2, 0) is 17.8 Å². The van der Waals surface area contributed by atoms with Crippen LogP contribution >= 0.6 is 11.3 Å². The fourth-order valence-electron chi connectivity index (χ4n) is 2.89. The lowest BCUT2D eigenvalue weighted by Gasteiger charge is -2.22. The Morgan fingerprint density at radius 3 is 2.64 bits per heavy atom. The molecule has 1 fully saturated rings. The van der Waals surface area contributed by atoms with Crippen molar-refractivity contribution in [2.75, 3.05) is 26.2 Å². The number of benzene rings is 1. The molecule has 1 amide bonds. The molecule has 1 aromatic heterocycles. The van der Waals surface area contributed by atoms with E-state index in [9.17, 15) is 4.79 Å². The van der Waals surface area contributed by atoms with Gasteiger partial charge < -0.3 is 4.90 Å². The largest absolute Gasteiger partial charge is 0.341 e. The summed E-state index contributed by atoms with van der Waals surface area (Å²) in [5, 5.41) is 2.03. The molecule has 1 aromatic carbocycles. The van der Waals surface area contributed by atoms with Gasteiger partial charge >= 0.3 is 0 Å². The summed E-state index contributed by atoms with van der Waals surface area (Å²) in [6.45, 7) is 4.74. The van der Waals surface area contributed by atoms with Crippen LogP contribution in [0.15, 0.2) is 47.8 Å². The van der Waals surface area contributed by atoms with E-state index in [2.05, 4.69) is 35.2 Å². The van der Waals surface area contributed by atoms with Crippen molar-refractivity contribution in [2.24, 2.45) is 0 Å². The standard InChI is InChI=1S/C18H22N2OS/c21-18(14-17-8-4-13-22-17)20-10-5-9-19(11-12-20)15-16-6-2-1-3-7-16/h1-4,6-8,13H,5,9-12,14-15H2. The monoisotopic (exact) mass is 314 g/mol. The maximum atomic E-state index is 12.4.